The van der Waals surface area contributed by atoms with Crippen LogP contribution in [0.5, 0.6) is 0 Å². The van der Waals surface area contributed by atoms with Crippen LogP contribution in [-0.4, -0.2) is 5.91 Å². The lowest BCUT2D eigenvalue weighted by molar-refractivity contribution is -0.111. The molecule has 0 aromatic heterocycles. The summed E-state index contributed by atoms with van der Waals surface area (Å²) in [5.41, 5.74) is 4.19. The topological polar surface area (TPSA) is 29.1 Å². The van der Waals surface area contributed by atoms with Crippen molar-refractivity contribution in [3.05, 3.63) is 71.3 Å². The summed E-state index contributed by atoms with van der Waals surface area (Å²) < 4.78 is 0. The summed E-state index contributed by atoms with van der Waals surface area (Å²) in [5, 5.41) is 3.00. The third kappa shape index (κ3) is 4.06. The molecule has 0 aliphatic carbocycles. The molecular weight excluding hydrogens is 258 g/mol. The van der Waals surface area contributed by atoms with Gasteiger partial charge in [-0.1, -0.05) is 62.4 Å². The molecule has 2 nitrogen and oxygen atoms in total. The molecule has 0 unspecified atom stereocenters. The van der Waals surface area contributed by atoms with E-state index in [2.05, 4.69) is 25.2 Å². The number of carbonyl (C=O) groups is 1. The van der Waals surface area contributed by atoms with Crippen molar-refractivity contribution in [3.8, 4) is 0 Å². The fourth-order valence-electron chi connectivity index (χ4n) is 2.24. The molecule has 0 bridgehead atoms. The summed E-state index contributed by atoms with van der Waals surface area (Å²) in [7, 11) is 0. The molecule has 0 fully saturated rings. The number of aryl methyl sites for hydroxylation is 1. The lowest BCUT2D eigenvalue weighted by atomic mass is 9.98. The van der Waals surface area contributed by atoms with Gasteiger partial charge < -0.3 is 5.32 Å². The monoisotopic (exact) mass is 279 g/mol. The number of nitrogens with one attached hydrogen (secondary N) is 1. The van der Waals surface area contributed by atoms with Crippen LogP contribution in [0.4, 0.5) is 5.69 Å². The van der Waals surface area contributed by atoms with E-state index in [1.165, 1.54) is 0 Å². The highest BCUT2D eigenvalue weighted by Crippen LogP contribution is 2.27. The van der Waals surface area contributed by atoms with E-state index in [1.807, 2.05) is 55.5 Å². The zero-order valence-corrected chi connectivity index (χ0v) is 12.8. The van der Waals surface area contributed by atoms with Crippen molar-refractivity contribution in [1.82, 2.24) is 0 Å². The number of para-hydroxylation sites is 1. The van der Waals surface area contributed by atoms with E-state index in [1.54, 1.807) is 6.08 Å². The second-order valence-electron chi connectivity index (χ2n) is 5.43. The molecule has 21 heavy (non-hydrogen) atoms. The van der Waals surface area contributed by atoms with Crippen LogP contribution in [-0.2, 0) is 4.79 Å². The molecule has 0 saturated carbocycles. The third-order valence-corrected chi connectivity index (χ3v) is 3.40. The lowest BCUT2D eigenvalue weighted by Gasteiger charge is -2.15. The molecule has 0 aliphatic rings. The van der Waals surface area contributed by atoms with Gasteiger partial charge in [0.15, 0.2) is 0 Å². The zero-order chi connectivity index (χ0) is 15.2. The Hall–Kier alpha value is -2.35. The minimum absolute atomic E-state index is 0.102. The van der Waals surface area contributed by atoms with Gasteiger partial charge in [0.25, 0.3) is 0 Å². The number of anilines is 1. The molecule has 2 heteroatoms. The van der Waals surface area contributed by atoms with Crippen molar-refractivity contribution in [2.24, 2.45) is 0 Å². The maximum atomic E-state index is 12.1. The Morgan fingerprint density at radius 1 is 1.05 bits per heavy atom. The second kappa shape index (κ2) is 6.89. The first-order valence-corrected chi connectivity index (χ1v) is 7.21. The Bertz CT molecular complexity index is 642. The highest BCUT2D eigenvalue weighted by atomic mass is 16.1. The third-order valence-electron chi connectivity index (χ3n) is 3.40. The minimum Gasteiger partial charge on any atom is -0.322 e. The van der Waals surface area contributed by atoms with Crippen LogP contribution < -0.4 is 5.32 Å². The molecule has 0 heterocycles. The first kappa shape index (κ1) is 15.0. The normalized spacial score (nSPS) is 11.0. The van der Waals surface area contributed by atoms with Crippen molar-refractivity contribution >= 4 is 17.7 Å². The number of benzene rings is 2. The van der Waals surface area contributed by atoms with Crippen molar-refractivity contribution in [3.63, 3.8) is 0 Å². The van der Waals surface area contributed by atoms with Crippen LogP contribution >= 0.6 is 0 Å². The van der Waals surface area contributed by atoms with Crippen molar-refractivity contribution in [1.29, 1.82) is 0 Å². The van der Waals surface area contributed by atoms with Gasteiger partial charge in [0.2, 0.25) is 5.91 Å². The minimum atomic E-state index is -0.102. The average Bonchev–Trinajstić information content (AvgIpc) is 2.48. The summed E-state index contributed by atoms with van der Waals surface area (Å²) in [6.45, 7) is 6.27. The molecule has 0 spiro atoms. The SMILES string of the molecule is Cc1cccc(C(C)C)c1NC(=O)/C=C/c1ccccc1. The first-order valence-electron chi connectivity index (χ1n) is 7.21. The maximum Gasteiger partial charge on any atom is 0.248 e. The molecule has 2 aromatic rings. The summed E-state index contributed by atoms with van der Waals surface area (Å²) in [6, 6.07) is 15.9. The van der Waals surface area contributed by atoms with Crippen molar-refractivity contribution in [2.45, 2.75) is 26.7 Å². The highest BCUT2D eigenvalue weighted by molar-refractivity contribution is 6.02. The molecule has 108 valence electrons. The smallest absolute Gasteiger partial charge is 0.248 e. The maximum absolute atomic E-state index is 12.1. The quantitative estimate of drug-likeness (QED) is 0.802. The largest absolute Gasteiger partial charge is 0.322 e. The first-order chi connectivity index (χ1) is 10.1. The number of amides is 1. The molecule has 2 rings (SSSR count). The van der Waals surface area contributed by atoms with Crippen LogP contribution in [0.15, 0.2) is 54.6 Å². The van der Waals surface area contributed by atoms with Gasteiger partial charge in [-0.15, -0.1) is 0 Å². The number of carbonyl (C=O) groups excluding carboxylic acids is 1. The van der Waals surface area contributed by atoms with Gasteiger partial charge in [0.05, 0.1) is 0 Å². The van der Waals surface area contributed by atoms with Gasteiger partial charge in [-0.3, -0.25) is 4.79 Å². The van der Waals surface area contributed by atoms with Gasteiger partial charge >= 0.3 is 0 Å². The van der Waals surface area contributed by atoms with E-state index in [4.69, 9.17) is 0 Å². The van der Waals surface area contributed by atoms with Gasteiger partial charge in [-0.2, -0.15) is 0 Å². The fraction of sp³-hybridized carbons (Fsp3) is 0.211. The summed E-state index contributed by atoms with van der Waals surface area (Å²) >= 11 is 0. The molecular formula is C19H21NO. The predicted octanol–water partition coefficient (Wildman–Crippen LogP) is 4.77. The summed E-state index contributed by atoms with van der Waals surface area (Å²) in [6.07, 6.45) is 3.40. The number of hydrogen-bond acceptors (Lipinski definition) is 1. The summed E-state index contributed by atoms with van der Waals surface area (Å²) in [4.78, 5) is 12.1. The molecule has 0 atom stereocenters. The van der Waals surface area contributed by atoms with Gasteiger partial charge in [0, 0.05) is 11.8 Å². The molecule has 0 aliphatic heterocycles. The van der Waals surface area contributed by atoms with Gasteiger partial charge in [-0.05, 0) is 35.6 Å². The van der Waals surface area contributed by atoms with E-state index < -0.39 is 0 Å². The molecule has 0 saturated heterocycles. The fourth-order valence-corrected chi connectivity index (χ4v) is 2.24. The van der Waals surface area contributed by atoms with E-state index in [0.29, 0.717) is 5.92 Å². The Labute approximate surface area is 126 Å². The van der Waals surface area contributed by atoms with Crippen LogP contribution in [0.25, 0.3) is 6.08 Å². The highest BCUT2D eigenvalue weighted by Gasteiger charge is 2.10. The zero-order valence-electron chi connectivity index (χ0n) is 12.8. The standard InChI is InChI=1S/C19H21NO/c1-14(2)17-11-7-8-15(3)19(17)20-18(21)13-12-16-9-5-4-6-10-16/h4-14H,1-3H3,(H,20,21)/b13-12+. The van der Waals surface area contributed by atoms with E-state index in [0.717, 1.165) is 22.4 Å². The predicted molar refractivity (Wildman–Crippen MR) is 89.4 cm³/mol. The van der Waals surface area contributed by atoms with E-state index in [9.17, 15) is 4.79 Å². The second-order valence-corrected chi connectivity index (χ2v) is 5.43. The molecule has 0 radical (unpaired) electrons. The van der Waals surface area contributed by atoms with E-state index in [-0.39, 0.29) is 5.91 Å². The molecule has 2 aromatic carbocycles. The number of rotatable bonds is 4. The van der Waals surface area contributed by atoms with Crippen LogP contribution in [0.2, 0.25) is 0 Å². The van der Waals surface area contributed by atoms with Crippen LogP contribution in [0, 0.1) is 6.92 Å². The Morgan fingerprint density at radius 2 is 1.76 bits per heavy atom. The van der Waals surface area contributed by atoms with Crippen LogP contribution in [0.3, 0.4) is 0 Å². The Morgan fingerprint density at radius 3 is 2.43 bits per heavy atom. The Kier molecular flexibility index (Phi) is 4.94. The summed E-state index contributed by atoms with van der Waals surface area (Å²) in [5.74, 6) is 0.272. The molecule has 1 amide bonds. The molecule has 1 N–H and O–H groups in total. The van der Waals surface area contributed by atoms with Gasteiger partial charge in [0.1, 0.15) is 0 Å². The van der Waals surface area contributed by atoms with Crippen molar-refractivity contribution in [2.75, 3.05) is 5.32 Å². The van der Waals surface area contributed by atoms with Crippen molar-refractivity contribution < 1.29 is 4.79 Å². The van der Waals surface area contributed by atoms with Gasteiger partial charge in [-0.25, -0.2) is 0 Å². The Balaban J connectivity index is 2.15. The lowest BCUT2D eigenvalue weighted by Crippen LogP contribution is -2.11. The van der Waals surface area contributed by atoms with Crippen LogP contribution in [0.1, 0.15) is 36.5 Å². The van der Waals surface area contributed by atoms with E-state index >= 15 is 0 Å². The average molecular weight is 279 g/mol. The number of hydrogen-bond donors (Lipinski definition) is 1.